The summed E-state index contributed by atoms with van der Waals surface area (Å²) in [6.07, 6.45) is 4.87. The molecule has 0 saturated carbocycles. The maximum atomic E-state index is 12.2. The fourth-order valence-corrected chi connectivity index (χ4v) is 2.65. The highest BCUT2D eigenvalue weighted by Crippen LogP contribution is 2.25. The van der Waals surface area contributed by atoms with Gasteiger partial charge in [-0.1, -0.05) is 13.8 Å². The lowest BCUT2D eigenvalue weighted by molar-refractivity contribution is -0.138. The minimum atomic E-state index is 0. The zero-order valence-corrected chi connectivity index (χ0v) is 11.8. The van der Waals surface area contributed by atoms with Crippen molar-refractivity contribution in [2.75, 3.05) is 19.6 Å². The Labute approximate surface area is 111 Å². The lowest BCUT2D eigenvalue weighted by atomic mass is 9.98. The molecule has 17 heavy (non-hydrogen) atoms. The maximum absolute atomic E-state index is 12.2. The Bertz CT molecular complexity index is 254. The van der Waals surface area contributed by atoms with Crippen LogP contribution in [0.5, 0.6) is 0 Å². The van der Waals surface area contributed by atoms with E-state index in [1.165, 1.54) is 25.7 Å². The summed E-state index contributed by atoms with van der Waals surface area (Å²) in [5.41, 5.74) is 0. The van der Waals surface area contributed by atoms with Crippen LogP contribution in [0.3, 0.4) is 0 Å². The van der Waals surface area contributed by atoms with Gasteiger partial charge in [0.1, 0.15) is 0 Å². The first-order chi connectivity index (χ1) is 7.68. The summed E-state index contributed by atoms with van der Waals surface area (Å²) >= 11 is 0. The molecule has 100 valence electrons. The first-order valence-corrected chi connectivity index (χ1v) is 6.69. The van der Waals surface area contributed by atoms with Gasteiger partial charge in [-0.2, -0.15) is 0 Å². The van der Waals surface area contributed by atoms with Crippen LogP contribution >= 0.6 is 12.4 Å². The minimum absolute atomic E-state index is 0. The second-order valence-corrected chi connectivity index (χ2v) is 5.65. The van der Waals surface area contributed by atoms with E-state index in [-0.39, 0.29) is 18.3 Å². The Morgan fingerprint density at radius 1 is 1.41 bits per heavy atom. The van der Waals surface area contributed by atoms with Crippen LogP contribution in [0.15, 0.2) is 0 Å². The number of hydrogen-bond acceptors (Lipinski definition) is 2. The van der Waals surface area contributed by atoms with E-state index in [1.54, 1.807) is 0 Å². The van der Waals surface area contributed by atoms with Crippen molar-refractivity contribution < 1.29 is 4.79 Å². The van der Waals surface area contributed by atoms with E-state index in [0.717, 1.165) is 25.6 Å². The number of rotatable bonds is 4. The smallest absolute Gasteiger partial charge is 0.228 e. The third-order valence-electron chi connectivity index (χ3n) is 3.87. The Hall–Kier alpha value is -0.280. The summed E-state index contributed by atoms with van der Waals surface area (Å²) in [6, 6.07) is 0.537. The molecule has 0 radical (unpaired) electrons. The number of hydrogen-bond donors (Lipinski definition) is 1. The molecule has 2 heterocycles. The highest BCUT2D eigenvalue weighted by atomic mass is 35.5. The lowest BCUT2D eigenvalue weighted by Crippen LogP contribution is -2.53. The molecule has 2 aliphatic rings. The van der Waals surface area contributed by atoms with Gasteiger partial charge in [0.25, 0.3) is 0 Å². The van der Waals surface area contributed by atoms with Crippen LogP contribution < -0.4 is 5.32 Å². The average molecular weight is 261 g/mol. The Balaban J connectivity index is 0.00000144. The number of likely N-dealkylation sites (tertiary alicyclic amines) is 1. The van der Waals surface area contributed by atoms with Crippen molar-refractivity contribution in [1.29, 1.82) is 0 Å². The van der Waals surface area contributed by atoms with Gasteiger partial charge in [-0.3, -0.25) is 4.79 Å². The molecule has 2 aliphatic heterocycles. The van der Waals surface area contributed by atoms with Gasteiger partial charge in [0.05, 0.1) is 5.92 Å². The number of carbonyl (C=O) groups is 1. The molecule has 1 N–H and O–H groups in total. The van der Waals surface area contributed by atoms with E-state index in [0.29, 0.717) is 11.9 Å². The highest BCUT2D eigenvalue weighted by molar-refractivity contribution is 5.85. The van der Waals surface area contributed by atoms with Crippen LogP contribution in [-0.4, -0.2) is 36.5 Å². The van der Waals surface area contributed by atoms with Crippen LogP contribution in [0.4, 0.5) is 0 Å². The monoisotopic (exact) mass is 260 g/mol. The number of nitrogens with zero attached hydrogens (tertiary/aromatic N) is 1. The summed E-state index contributed by atoms with van der Waals surface area (Å²) < 4.78 is 0. The van der Waals surface area contributed by atoms with Crippen molar-refractivity contribution in [1.82, 2.24) is 10.2 Å². The van der Waals surface area contributed by atoms with E-state index in [1.807, 2.05) is 0 Å². The summed E-state index contributed by atoms with van der Waals surface area (Å²) in [5.74, 6) is 1.44. The quantitative estimate of drug-likeness (QED) is 0.839. The van der Waals surface area contributed by atoms with Gasteiger partial charge in [-0.05, 0) is 31.6 Å². The highest BCUT2D eigenvalue weighted by Gasteiger charge is 2.35. The van der Waals surface area contributed by atoms with E-state index in [2.05, 4.69) is 24.1 Å². The molecule has 2 fully saturated rings. The molecule has 1 atom stereocenters. The molecule has 0 bridgehead atoms. The van der Waals surface area contributed by atoms with Crippen molar-refractivity contribution in [2.24, 2.45) is 11.8 Å². The predicted molar refractivity (Wildman–Crippen MR) is 72.4 cm³/mol. The minimum Gasteiger partial charge on any atom is -0.339 e. The van der Waals surface area contributed by atoms with Gasteiger partial charge >= 0.3 is 0 Å². The molecular formula is C13H25ClN2O. The average Bonchev–Trinajstić information content (AvgIpc) is 2.59. The van der Waals surface area contributed by atoms with Gasteiger partial charge in [-0.25, -0.2) is 0 Å². The summed E-state index contributed by atoms with van der Waals surface area (Å²) in [5, 5.41) is 3.18. The van der Waals surface area contributed by atoms with Crippen LogP contribution in [0.1, 0.15) is 39.5 Å². The van der Waals surface area contributed by atoms with Crippen molar-refractivity contribution in [2.45, 2.75) is 45.6 Å². The molecular weight excluding hydrogens is 236 g/mol. The SMILES string of the molecule is CC(C)CCC1CCCN1C(=O)C1CNC1.Cl. The van der Waals surface area contributed by atoms with Gasteiger partial charge in [0.15, 0.2) is 0 Å². The third kappa shape index (κ3) is 3.59. The maximum Gasteiger partial charge on any atom is 0.228 e. The molecule has 0 spiro atoms. The fraction of sp³-hybridized carbons (Fsp3) is 0.923. The first-order valence-electron chi connectivity index (χ1n) is 6.69. The molecule has 2 saturated heterocycles. The Kier molecular flexibility index (Phi) is 5.74. The van der Waals surface area contributed by atoms with E-state index < -0.39 is 0 Å². The number of nitrogens with one attached hydrogen (secondary N) is 1. The van der Waals surface area contributed by atoms with E-state index in [9.17, 15) is 4.79 Å². The molecule has 0 aromatic rings. The molecule has 4 heteroatoms. The van der Waals surface area contributed by atoms with Crippen molar-refractivity contribution in [3.8, 4) is 0 Å². The number of carbonyl (C=O) groups excluding carboxylic acids is 1. The van der Waals surface area contributed by atoms with Crippen LogP contribution in [0.25, 0.3) is 0 Å². The van der Waals surface area contributed by atoms with Gasteiger partial charge in [0.2, 0.25) is 5.91 Å². The second kappa shape index (κ2) is 6.60. The van der Waals surface area contributed by atoms with Gasteiger partial charge < -0.3 is 10.2 Å². The molecule has 0 aromatic carbocycles. The van der Waals surface area contributed by atoms with Crippen molar-refractivity contribution >= 4 is 18.3 Å². The first kappa shape index (κ1) is 14.8. The van der Waals surface area contributed by atoms with Crippen LogP contribution in [-0.2, 0) is 4.79 Å². The molecule has 1 amide bonds. The topological polar surface area (TPSA) is 32.3 Å². The third-order valence-corrected chi connectivity index (χ3v) is 3.87. The fourth-order valence-electron chi connectivity index (χ4n) is 2.65. The second-order valence-electron chi connectivity index (χ2n) is 5.65. The zero-order valence-electron chi connectivity index (χ0n) is 10.9. The van der Waals surface area contributed by atoms with E-state index >= 15 is 0 Å². The van der Waals surface area contributed by atoms with Crippen LogP contribution in [0, 0.1) is 11.8 Å². The lowest BCUT2D eigenvalue weighted by Gasteiger charge is -2.33. The Morgan fingerprint density at radius 2 is 2.12 bits per heavy atom. The summed E-state index contributed by atoms with van der Waals surface area (Å²) in [7, 11) is 0. The summed E-state index contributed by atoms with van der Waals surface area (Å²) in [6.45, 7) is 7.31. The predicted octanol–water partition coefficient (Wildman–Crippen LogP) is 2.05. The van der Waals surface area contributed by atoms with Crippen molar-refractivity contribution in [3.05, 3.63) is 0 Å². The van der Waals surface area contributed by atoms with E-state index in [4.69, 9.17) is 0 Å². The molecule has 3 nitrogen and oxygen atoms in total. The van der Waals surface area contributed by atoms with Crippen molar-refractivity contribution in [3.63, 3.8) is 0 Å². The molecule has 2 rings (SSSR count). The molecule has 0 aliphatic carbocycles. The largest absolute Gasteiger partial charge is 0.339 e. The van der Waals surface area contributed by atoms with Gasteiger partial charge in [0, 0.05) is 25.7 Å². The molecule has 0 aromatic heterocycles. The van der Waals surface area contributed by atoms with Gasteiger partial charge in [-0.15, -0.1) is 12.4 Å². The summed E-state index contributed by atoms with van der Waals surface area (Å²) in [4.78, 5) is 14.3. The number of amides is 1. The molecule has 1 unspecified atom stereocenters. The standard InChI is InChI=1S/C13H24N2O.ClH/c1-10(2)5-6-12-4-3-7-15(12)13(16)11-8-14-9-11;/h10-12,14H,3-9H2,1-2H3;1H. The zero-order chi connectivity index (χ0) is 11.5. The number of halogens is 1. The van der Waals surface area contributed by atoms with Crippen LogP contribution in [0.2, 0.25) is 0 Å². The Morgan fingerprint density at radius 3 is 2.65 bits per heavy atom. The normalized spacial score (nSPS) is 24.6.